The Morgan fingerprint density at radius 1 is 0.882 bits per heavy atom. The SMILES string of the molecule is CC1(C)C2=C3C(=CCC=C2)C=C(Nc2ccccc2)C2(C4=CCCC=C4)CC32C2C=CC=CC21. The number of allylic oxidation sites excluding steroid dienone is 15. The summed E-state index contributed by atoms with van der Waals surface area (Å²) < 4.78 is 0. The minimum atomic E-state index is 0.00476. The predicted octanol–water partition coefficient (Wildman–Crippen LogP) is 8.23. The Hall–Kier alpha value is -3.06. The lowest BCUT2D eigenvalue weighted by atomic mass is 9.50. The molecule has 4 atom stereocenters. The van der Waals surface area contributed by atoms with Crippen molar-refractivity contribution >= 4 is 5.69 Å². The van der Waals surface area contributed by atoms with E-state index in [1.807, 2.05) is 0 Å². The molecule has 0 aliphatic heterocycles. The van der Waals surface area contributed by atoms with E-state index in [1.54, 1.807) is 11.1 Å². The quantitative estimate of drug-likeness (QED) is 0.496. The first-order valence-electron chi connectivity index (χ1n) is 13.0. The molecule has 0 heterocycles. The highest BCUT2D eigenvalue weighted by molar-refractivity contribution is 5.73. The van der Waals surface area contributed by atoms with Gasteiger partial charge in [-0.05, 0) is 83.4 Å². The van der Waals surface area contributed by atoms with Gasteiger partial charge in [0.15, 0.2) is 0 Å². The molecule has 0 radical (unpaired) electrons. The number of rotatable bonds is 3. The highest BCUT2D eigenvalue weighted by Gasteiger charge is 2.79. The summed E-state index contributed by atoms with van der Waals surface area (Å²) in [5.41, 5.74) is 8.94. The van der Waals surface area contributed by atoms with Gasteiger partial charge in [-0.1, -0.05) is 92.8 Å². The van der Waals surface area contributed by atoms with Gasteiger partial charge in [-0.3, -0.25) is 0 Å². The molecule has 170 valence electrons. The van der Waals surface area contributed by atoms with Crippen molar-refractivity contribution in [1.82, 2.24) is 0 Å². The van der Waals surface area contributed by atoms with Crippen molar-refractivity contribution in [1.29, 1.82) is 0 Å². The Bertz CT molecular complexity index is 1310. The van der Waals surface area contributed by atoms with Gasteiger partial charge in [0.2, 0.25) is 0 Å². The topological polar surface area (TPSA) is 12.0 Å². The third kappa shape index (κ3) is 2.45. The third-order valence-corrected chi connectivity index (χ3v) is 9.47. The molecule has 0 saturated heterocycles. The summed E-state index contributed by atoms with van der Waals surface area (Å²) in [7, 11) is 0. The molecule has 1 heteroatoms. The molecule has 1 spiro atoms. The molecule has 6 aliphatic rings. The van der Waals surface area contributed by atoms with Crippen LogP contribution in [0.1, 0.15) is 39.5 Å². The minimum Gasteiger partial charge on any atom is -0.358 e. The van der Waals surface area contributed by atoms with Gasteiger partial charge in [-0.15, -0.1) is 0 Å². The van der Waals surface area contributed by atoms with E-state index in [0.29, 0.717) is 11.8 Å². The fourth-order valence-electron chi connectivity index (χ4n) is 7.96. The number of benzene rings is 1. The fourth-order valence-corrected chi connectivity index (χ4v) is 7.96. The average molecular weight is 444 g/mol. The molecule has 0 aromatic heterocycles. The number of anilines is 1. The van der Waals surface area contributed by atoms with Crippen molar-refractivity contribution in [3.63, 3.8) is 0 Å². The van der Waals surface area contributed by atoms with E-state index in [9.17, 15) is 0 Å². The monoisotopic (exact) mass is 443 g/mol. The first-order valence-corrected chi connectivity index (χ1v) is 13.0. The molecule has 7 rings (SSSR count). The van der Waals surface area contributed by atoms with Gasteiger partial charge < -0.3 is 5.32 Å². The molecule has 1 N–H and O–H groups in total. The van der Waals surface area contributed by atoms with Gasteiger partial charge in [-0.2, -0.15) is 0 Å². The Kier molecular flexibility index (Phi) is 4.17. The van der Waals surface area contributed by atoms with Crippen molar-refractivity contribution in [2.45, 2.75) is 39.5 Å². The molecule has 1 fully saturated rings. The first kappa shape index (κ1) is 20.3. The lowest BCUT2D eigenvalue weighted by Crippen LogP contribution is -2.46. The molecular weight excluding hydrogens is 410 g/mol. The molecule has 4 unspecified atom stereocenters. The van der Waals surface area contributed by atoms with Gasteiger partial charge in [0, 0.05) is 22.2 Å². The van der Waals surface area contributed by atoms with Gasteiger partial charge in [-0.25, -0.2) is 0 Å². The first-order chi connectivity index (χ1) is 16.6. The van der Waals surface area contributed by atoms with E-state index < -0.39 is 0 Å². The van der Waals surface area contributed by atoms with E-state index >= 15 is 0 Å². The van der Waals surface area contributed by atoms with Crippen LogP contribution in [0.15, 0.2) is 125 Å². The van der Waals surface area contributed by atoms with E-state index in [0.717, 1.165) is 19.3 Å². The van der Waals surface area contributed by atoms with Crippen LogP contribution in [0.25, 0.3) is 0 Å². The maximum Gasteiger partial charge on any atom is 0.0462 e. The fraction of sp³-hybridized carbons (Fsp3) is 0.333. The molecule has 6 aliphatic carbocycles. The molecule has 1 saturated carbocycles. The maximum absolute atomic E-state index is 3.94. The Labute approximate surface area is 203 Å². The second-order valence-corrected chi connectivity index (χ2v) is 11.4. The molecule has 1 nitrogen and oxygen atoms in total. The average Bonchev–Trinajstić information content (AvgIpc) is 3.61. The largest absolute Gasteiger partial charge is 0.358 e. The Morgan fingerprint density at radius 2 is 1.71 bits per heavy atom. The zero-order valence-electron chi connectivity index (χ0n) is 20.2. The zero-order valence-corrected chi connectivity index (χ0v) is 20.2. The Morgan fingerprint density at radius 3 is 2.50 bits per heavy atom. The Balaban J connectivity index is 1.52. The van der Waals surface area contributed by atoms with Gasteiger partial charge in [0.1, 0.15) is 0 Å². The summed E-state index contributed by atoms with van der Waals surface area (Å²) in [6.07, 6.45) is 31.3. The standard InChI is InChI=1S/C33H33N/c1-31(2)26-18-11-12-19-27(26)33-22-32(33,24-14-5-3-6-15-24)29(34-25-16-7-4-8-17-25)21-23-13-9-10-20-28(31)30(23)33/h4-5,7-8,10-21,26-27,34H,3,6,9,22H2,1-2H3. The van der Waals surface area contributed by atoms with Crippen molar-refractivity contribution in [2.24, 2.45) is 28.1 Å². The van der Waals surface area contributed by atoms with Crippen molar-refractivity contribution < 1.29 is 0 Å². The van der Waals surface area contributed by atoms with Crippen molar-refractivity contribution in [2.75, 3.05) is 5.32 Å². The number of nitrogens with one attached hydrogen (secondary N) is 1. The van der Waals surface area contributed by atoms with E-state index in [2.05, 4.69) is 116 Å². The molecule has 34 heavy (non-hydrogen) atoms. The highest BCUT2D eigenvalue weighted by atomic mass is 15.0. The maximum atomic E-state index is 3.94. The lowest BCUT2D eigenvalue weighted by molar-refractivity contribution is 0.161. The summed E-state index contributed by atoms with van der Waals surface area (Å²) >= 11 is 0. The third-order valence-electron chi connectivity index (χ3n) is 9.47. The van der Waals surface area contributed by atoms with Crippen LogP contribution in [0, 0.1) is 28.1 Å². The second kappa shape index (κ2) is 6.98. The van der Waals surface area contributed by atoms with E-state index in [4.69, 9.17) is 0 Å². The number of fused-ring (bicyclic) bond motifs is 1. The van der Waals surface area contributed by atoms with E-state index in [-0.39, 0.29) is 16.2 Å². The molecule has 0 bridgehead atoms. The van der Waals surface area contributed by atoms with Crippen molar-refractivity contribution in [3.8, 4) is 0 Å². The van der Waals surface area contributed by atoms with Crippen LogP contribution in [0.3, 0.4) is 0 Å². The summed E-state index contributed by atoms with van der Waals surface area (Å²) in [6.45, 7) is 4.95. The van der Waals surface area contributed by atoms with Gasteiger partial charge in [0.25, 0.3) is 0 Å². The number of para-hydroxylation sites is 1. The van der Waals surface area contributed by atoms with Gasteiger partial charge >= 0.3 is 0 Å². The van der Waals surface area contributed by atoms with Crippen LogP contribution in [0.5, 0.6) is 0 Å². The molecular formula is C33H33N. The summed E-state index contributed by atoms with van der Waals surface area (Å²) in [5, 5.41) is 3.94. The second-order valence-electron chi connectivity index (χ2n) is 11.4. The molecule has 1 aromatic rings. The normalized spacial score (nSPS) is 35.9. The summed E-state index contributed by atoms with van der Waals surface area (Å²) in [5.74, 6) is 1.00. The molecule has 1 aromatic carbocycles. The zero-order chi connectivity index (χ0) is 23.0. The van der Waals surface area contributed by atoms with Crippen LogP contribution < -0.4 is 5.32 Å². The number of hydrogen-bond acceptors (Lipinski definition) is 1. The van der Waals surface area contributed by atoms with Crippen LogP contribution in [0.2, 0.25) is 0 Å². The van der Waals surface area contributed by atoms with Crippen LogP contribution in [-0.2, 0) is 0 Å². The highest BCUT2D eigenvalue weighted by Crippen LogP contribution is 2.85. The lowest BCUT2D eigenvalue weighted by Gasteiger charge is -2.53. The minimum absolute atomic E-state index is 0.00476. The van der Waals surface area contributed by atoms with Crippen LogP contribution in [-0.4, -0.2) is 0 Å². The van der Waals surface area contributed by atoms with Crippen LogP contribution in [0.4, 0.5) is 5.69 Å². The predicted molar refractivity (Wildman–Crippen MR) is 142 cm³/mol. The molecule has 0 amide bonds. The van der Waals surface area contributed by atoms with Gasteiger partial charge in [0.05, 0.1) is 0 Å². The smallest absolute Gasteiger partial charge is 0.0462 e. The van der Waals surface area contributed by atoms with Crippen molar-refractivity contribution in [3.05, 3.63) is 125 Å². The summed E-state index contributed by atoms with van der Waals surface area (Å²) in [6, 6.07) is 10.8. The van der Waals surface area contributed by atoms with Crippen LogP contribution >= 0.6 is 0 Å². The van der Waals surface area contributed by atoms with E-state index in [1.165, 1.54) is 29.0 Å². The number of hydrogen-bond donors (Lipinski definition) is 1. The summed E-state index contributed by atoms with van der Waals surface area (Å²) in [4.78, 5) is 0.